The van der Waals surface area contributed by atoms with E-state index < -0.39 is 23.5 Å². The Morgan fingerprint density at radius 2 is 1.59 bits per heavy atom. The van der Waals surface area contributed by atoms with Crippen LogP contribution in [0.3, 0.4) is 0 Å². The molecule has 0 aliphatic carbocycles. The molecule has 9 nitrogen and oxygen atoms in total. The molecule has 1 aromatic heterocycles. The second-order valence-electron chi connectivity index (χ2n) is 7.87. The minimum absolute atomic E-state index is 0.00767. The highest BCUT2D eigenvalue weighted by Gasteiger charge is 2.20. The van der Waals surface area contributed by atoms with Gasteiger partial charge >= 0.3 is 0 Å². The summed E-state index contributed by atoms with van der Waals surface area (Å²) in [7, 11) is 1.81. The maximum absolute atomic E-state index is 13.2. The molecular weight excluding hydrogens is 499 g/mol. The molecule has 0 fully saturated rings. The van der Waals surface area contributed by atoms with Crippen LogP contribution in [0, 0.1) is 5.82 Å². The highest BCUT2D eigenvalue weighted by Crippen LogP contribution is 2.20. The van der Waals surface area contributed by atoms with Crippen molar-refractivity contribution in [2.24, 2.45) is 0 Å². The van der Waals surface area contributed by atoms with Crippen LogP contribution < -0.4 is 21.3 Å². The molecule has 4 aromatic rings. The van der Waals surface area contributed by atoms with E-state index >= 15 is 0 Å². The van der Waals surface area contributed by atoms with Crippen molar-refractivity contribution in [3.63, 3.8) is 0 Å². The van der Waals surface area contributed by atoms with Gasteiger partial charge in [-0.3, -0.25) is 14.4 Å². The van der Waals surface area contributed by atoms with Gasteiger partial charge in [0.15, 0.2) is 5.69 Å². The highest BCUT2D eigenvalue weighted by atomic mass is 35.5. The summed E-state index contributed by atoms with van der Waals surface area (Å²) in [4.78, 5) is 44.5. The molecule has 0 aliphatic rings. The molecule has 0 atom stereocenters. The van der Waals surface area contributed by atoms with Crippen LogP contribution in [0.5, 0.6) is 0 Å². The van der Waals surface area contributed by atoms with Crippen LogP contribution in [-0.4, -0.2) is 34.7 Å². The van der Waals surface area contributed by atoms with Crippen molar-refractivity contribution < 1.29 is 18.8 Å². The first-order valence-electron chi connectivity index (χ1n) is 11.1. The van der Waals surface area contributed by atoms with Gasteiger partial charge in [-0.1, -0.05) is 23.7 Å². The van der Waals surface area contributed by atoms with E-state index in [1.54, 1.807) is 31.3 Å². The van der Waals surface area contributed by atoms with E-state index in [0.29, 0.717) is 11.4 Å². The molecule has 4 rings (SSSR count). The van der Waals surface area contributed by atoms with E-state index in [1.807, 2.05) is 24.3 Å². The number of rotatable bonds is 8. The van der Waals surface area contributed by atoms with Gasteiger partial charge in [0.2, 0.25) is 0 Å². The molecule has 0 bridgehead atoms. The van der Waals surface area contributed by atoms with Crippen LogP contribution >= 0.6 is 11.6 Å². The molecule has 188 valence electrons. The molecule has 0 saturated carbocycles. The van der Waals surface area contributed by atoms with E-state index in [9.17, 15) is 18.8 Å². The molecule has 0 spiro atoms. The Kier molecular flexibility index (Phi) is 7.80. The fourth-order valence-electron chi connectivity index (χ4n) is 3.45. The lowest BCUT2D eigenvalue weighted by Crippen LogP contribution is -2.26. The van der Waals surface area contributed by atoms with E-state index in [2.05, 4.69) is 31.2 Å². The second-order valence-corrected chi connectivity index (χ2v) is 8.28. The summed E-state index contributed by atoms with van der Waals surface area (Å²) in [5.41, 5.74) is 2.75. The minimum Gasteiger partial charge on any atom is -0.388 e. The van der Waals surface area contributed by atoms with Crippen molar-refractivity contribution in [3.8, 4) is 0 Å². The molecule has 0 aliphatic heterocycles. The number of carbonyl (C=O) groups excluding carboxylic acids is 3. The number of benzene rings is 3. The quantitative estimate of drug-likeness (QED) is 0.230. The normalized spacial score (nSPS) is 10.5. The number of aromatic amines is 1. The van der Waals surface area contributed by atoms with Crippen molar-refractivity contribution in [3.05, 3.63) is 106 Å². The van der Waals surface area contributed by atoms with E-state index in [4.69, 9.17) is 11.6 Å². The molecule has 11 heteroatoms. The molecule has 3 amide bonds. The maximum atomic E-state index is 13.2. The lowest BCUT2D eigenvalue weighted by molar-refractivity contribution is 0.0933. The Hall–Kier alpha value is -4.70. The summed E-state index contributed by atoms with van der Waals surface area (Å²) >= 11 is 5.93. The topological polar surface area (TPSA) is 128 Å². The van der Waals surface area contributed by atoms with Crippen LogP contribution in [0.2, 0.25) is 5.02 Å². The third kappa shape index (κ3) is 6.30. The molecule has 0 radical (unpaired) electrons. The van der Waals surface area contributed by atoms with Crippen molar-refractivity contribution in [2.45, 2.75) is 6.54 Å². The van der Waals surface area contributed by atoms with Crippen molar-refractivity contribution in [2.75, 3.05) is 23.0 Å². The number of amides is 3. The van der Waals surface area contributed by atoms with Crippen LogP contribution in [0.4, 0.5) is 21.5 Å². The summed E-state index contributed by atoms with van der Waals surface area (Å²) in [6.07, 6.45) is 1.27. The minimum atomic E-state index is -0.585. The SMILES string of the molecule is CNc1cccc(CNC(=O)c2[nH]cnc2C(=O)Nc2ccc(NC(=O)c3ccc(F)cc3Cl)cc2)c1. The molecule has 0 unspecified atom stereocenters. The summed E-state index contributed by atoms with van der Waals surface area (Å²) in [6, 6.07) is 17.3. The monoisotopic (exact) mass is 520 g/mol. The summed E-state index contributed by atoms with van der Waals surface area (Å²) < 4.78 is 13.2. The number of imidazole rings is 1. The lowest BCUT2D eigenvalue weighted by atomic mass is 10.2. The van der Waals surface area contributed by atoms with Gasteiger partial charge in [-0.05, 0) is 60.2 Å². The van der Waals surface area contributed by atoms with Gasteiger partial charge in [0.05, 0.1) is 16.9 Å². The number of hydrogen-bond acceptors (Lipinski definition) is 5. The smallest absolute Gasteiger partial charge is 0.276 e. The van der Waals surface area contributed by atoms with Crippen LogP contribution in [0.25, 0.3) is 0 Å². The Morgan fingerprint density at radius 1 is 0.892 bits per heavy atom. The molecule has 3 aromatic carbocycles. The molecule has 1 heterocycles. The average molecular weight is 521 g/mol. The van der Waals surface area contributed by atoms with Gasteiger partial charge in [-0.15, -0.1) is 0 Å². The third-order valence-corrected chi connectivity index (χ3v) is 5.64. The predicted octanol–water partition coefficient (Wildman–Crippen LogP) is 4.68. The first-order valence-corrected chi connectivity index (χ1v) is 11.5. The second kappa shape index (κ2) is 11.4. The van der Waals surface area contributed by atoms with E-state index in [1.165, 1.54) is 12.4 Å². The van der Waals surface area contributed by atoms with Crippen molar-refractivity contribution in [1.29, 1.82) is 0 Å². The van der Waals surface area contributed by atoms with Gasteiger partial charge in [-0.2, -0.15) is 0 Å². The number of nitrogens with zero attached hydrogens (tertiary/aromatic N) is 1. The fraction of sp³-hybridized carbons (Fsp3) is 0.0769. The maximum Gasteiger partial charge on any atom is 0.276 e. The van der Waals surface area contributed by atoms with Crippen molar-refractivity contribution in [1.82, 2.24) is 15.3 Å². The van der Waals surface area contributed by atoms with Gasteiger partial charge in [0, 0.05) is 30.7 Å². The van der Waals surface area contributed by atoms with Crippen LogP contribution in [0.1, 0.15) is 36.9 Å². The Labute approximate surface area is 216 Å². The largest absolute Gasteiger partial charge is 0.388 e. The Balaban J connectivity index is 1.36. The molecular formula is C26H22ClFN6O3. The first kappa shape index (κ1) is 25.4. The number of halogens is 2. The summed E-state index contributed by atoms with van der Waals surface area (Å²) in [5, 5.41) is 11.1. The Bertz CT molecular complexity index is 1450. The average Bonchev–Trinajstić information content (AvgIpc) is 3.39. The zero-order valence-electron chi connectivity index (χ0n) is 19.6. The number of hydrogen-bond donors (Lipinski definition) is 5. The third-order valence-electron chi connectivity index (χ3n) is 5.33. The number of nitrogens with one attached hydrogen (secondary N) is 5. The van der Waals surface area contributed by atoms with Crippen molar-refractivity contribution >= 4 is 46.4 Å². The highest BCUT2D eigenvalue weighted by molar-refractivity contribution is 6.34. The fourth-order valence-corrected chi connectivity index (χ4v) is 3.70. The number of anilines is 3. The number of H-pyrrole nitrogens is 1. The molecule has 5 N–H and O–H groups in total. The van der Waals surface area contributed by atoms with E-state index in [-0.39, 0.29) is 28.5 Å². The van der Waals surface area contributed by atoms with Crippen LogP contribution in [-0.2, 0) is 6.54 Å². The first-order chi connectivity index (χ1) is 17.8. The van der Waals surface area contributed by atoms with Gasteiger partial charge in [0.1, 0.15) is 11.5 Å². The standard InChI is InChI=1S/C26H22ClFN6O3/c1-29-19-4-2-3-15(11-19)13-30-25(36)22-23(32-14-31-22)26(37)34-18-8-6-17(7-9-18)33-24(35)20-10-5-16(28)12-21(20)27/h2-12,14,29H,13H2,1H3,(H,30,36)(H,31,32)(H,33,35)(H,34,37). The lowest BCUT2D eigenvalue weighted by Gasteiger charge is -2.09. The summed E-state index contributed by atoms with van der Waals surface area (Å²) in [6.45, 7) is 0.269. The summed E-state index contributed by atoms with van der Waals surface area (Å²) in [5.74, 6) is -2.11. The number of aromatic nitrogens is 2. The van der Waals surface area contributed by atoms with Gasteiger partial charge in [0.25, 0.3) is 17.7 Å². The zero-order chi connectivity index (χ0) is 26.4. The number of carbonyl (C=O) groups is 3. The molecule has 37 heavy (non-hydrogen) atoms. The van der Waals surface area contributed by atoms with Gasteiger partial charge in [-0.25, -0.2) is 9.37 Å². The zero-order valence-corrected chi connectivity index (χ0v) is 20.3. The Morgan fingerprint density at radius 3 is 2.27 bits per heavy atom. The molecule has 0 saturated heterocycles. The predicted molar refractivity (Wildman–Crippen MR) is 140 cm³/mol. The van der Waals surface area contributed by atoms with Gasteiger partial charge < -0.3 is 26.3 Å². The van der Waals surface area contributed by atoms with Crippen LogP contribution in [0.15, 0.2) is 73.1 Å². The van der Waals surface area contributed by atoms with E-state index in [0.717, 1.165) is 23.4 Å².